The maximum absolute atomic E-state index is 13.9. The zero-order valence-electron chi connectivity index (χ0n) is 47.1. The van der Waals surface area contributed by atoms with Crippen molar-refractivity contribution in [2.45, 2.75) is 49.9 Å². The maximum atomic E-state index is 13.9. The van der Waals surface area contributed by atoms with Crippen molar-refractivity contribution < 1.29 is 27.2 Å². The van der Waals surface area contributed by atoms with Crippen LogP contribution in [0, 0.1) is 0 Å². The van der Waals surface area contributed by atoms with E-state index in [0.29, 0.717) is 36.5 Å². The van der Waals surface area contributed by atoms with Crippen molar-refractivity contribution in [3.05, 3.63) is 281 Å². The normalized spacial score (nSPS) is 13.8. The summed E-state index contributed by atoms with van der Waals surface area (Å²) in [6.07, 6.45) is 2.76. The van der Waals surface area contributed by atoms with E-state index in [1.165, 1.54) is 0 Å². The van der Waals surface area contributed by atoms with Crippen molar-refractivity contribution in [2.75, 3.05) is 26.2 Å². The standard InChI is InChI=1S/C44H36F2N6O.C26H23F2N5O/c45-41(46)29-48-28-39(30-13-5-1-6-14-30)50-43(53)38-25-32-26-40-36(27-37(32)49-38)42(31-21-23-47-24-22-31)51-52(40)44(33-15-7-2-8-16-33,34-17-9-3-10-18-34)35-19-11-4-12-20-35;27-24(28)15-30-14-23(16-4-2-1-3-5-16)33-26(34)22-11-18-10-19-13-31-25(17-6-8-29-9-7-17)20(19)12-21(18)32-22/h1-24,26-27,39,41,48H,25,28-29H2,(H,50,53);1-10,12,23-24,30H,11,13-15H2,(H,33,34)/t39-;23-/m11/s1. The highest BCUT2D eigenvalue weighted by atomic mass is 19.3. The molecule has 0 spiro atoms. The first-order valence-corrected chi connectivity index (χ1v) is 28.7. The van der Waals surface area contributed by atoms with Crippen molar-refractivity contribution >= 4 is 51.2 Å². The number of aromatic nitrogens is 4. The Kier molecular flexibility index (Phi) is 17.2. The van der Waals surface area contributed by atoms with Crippen LogP contribution in [0.2, 0.25) is 0 Å². The summed E-state index contributed by atoms with van der Waals surface area (Å²) in [4.78, 5) is 49.4. The number of nitrogens with zero attached hydrogens (tertiary/aromatic N) is 7. The Bertz CT molecular complexity index is 4040. The first kappa shape index (κ1) is 57.3. The van der Waals surface area contributed by atoms with Crippen LogP contribution in [-0.4, -0.2) is 87.7 Å². The van der Waals surface area contributed by atoms with Crippen molar-refractivity contribution in [2.24, 2.45) is 15.0 Å². The molecule has 3 aliphatic rings. The summed E-state index contributed by atoms with van der Waals surface area (Å²) < 4.78 is 53.3. The summed E-state index contributed by atoms with van der Waals surface area (Å²) in [6.45, 7) is 0.0356. The van der Waals surface area contributed by atoms with Crippen LogP contribution in [0.4, 0.5) is 28.9 Å². The number of aliphatic imine (C=N–C) groups is 3. The third-order valence-electron chi connectivity index (χ3n) is 15.7. The minimum absolute atomic E-state index is 0.149. The molecule has 13 nitrogen and oxygen atoms in total. The SMILES string of the molecule is O=C(N[C@H](CNCC(F)F)c1ccccc1)C1=Nc2cc3c(-c4ccncc4)nn(C(c4ccccc4)(c4ccccc4)c4ccccc4)c3cc2C1.O=C(N[C@H](CNCC(F)F)c1ccccc1)C1=Nc2cc3c(cc2C1)CN=C3c1ccncc1. The molecule has 0 unspecified atom stereocenters. The van der Waals surface area contributed by atoms with Crippen LogP contribution < -0.4 is 21.3 Å². The third-order valence-corrected chi connectivity index (χ3v) is 15.7. The lowest BCUT2D eigenvalue weighted by Gasteiger charge is -2.37. The van der Waals surface area contributed by atoms with Gasteiger partial charge in [-0.3, -0.25) is 24.5 Å². The molecule has 2 atom stereocenters. The largest absolute Gasteiger partial charge is 0.343 e. The average Bonchev–Trinajstić information content (AvgIpc) is 1.73. The Hall–Kier alpha value is -10.1. The summed E-state index contributed by atoms with van der Waals surface area (Å²) >= 11 is 0. The van der Waals surface area contributed by atoms with E-state index in [-0.39, 0.29) is 24.9 Å². The Morgan fingerprint density at radius 1 is 0.494 bits per heavy atom. The van der Waals surface area contributed by atoms with Gasteiger partial charge < -0.3 is 21.3 Å². The van der Waals surface area contributed by atoms with Crippen LogP contribution in [0.25, 0.3) is 22.2 Å². The van der Waals surface area contributed by atoms with Gasteiger partial charge in [-0.15, -0.1) is 0 Å². The minimum atomic E-state index is -2.50. The van der Waals surface area contributed by atoms with Crippen LogP contribution >= 0.6 is 0 Å². The van der Waals surface area contributed by atoms with Crippen LogP contribution in [0.5, 0.6) is 0 Å². The zero-order valence-corrected chi connectivity index (χ0v) is 47.1. The Labute approximate surface area is 500 Å². The predicted molar refractivity (Wildman–Crippen MR) is 332 cm³/mol. The van der Waals surface area contributed by atoms with E-state index in [4.69, 9.17) is 10.1 Å². The molecule has 6 heterocycles. The van der Waals surface area contributed by atoms with E-state index in [1.54, 1.807) is 24.8 Å². The van der Waals surface area contributed by atoms with Gasteiger partial charge in [0.1, 0.15) is 22.7 Å². The third kappa shape index (κ3) is 12.4. The monoisotopic (exact) mass is 1160 g/mol. The second-order valence-electron chi connectivity index (χ2n) is 21.3. The van der Waals surface area contributed by atoms with Crippen molar-refractivity contribution in [3.8, 4) is 11.3 Å². The van der Waals surface area contributed by atoms with Crippen LogP contribution in [0.3, 0.4) is 0 Å². The van der Waals surface area contributed by atoms with Gasteiger partial charge in [0.15, 0.2) is 0 Å². The predicted octanol–water partition coefficient (Wildman–Crippen LogP) is 12.1. The number of hydrogen-bond acceptors (Lipinski definition) is 10. The van der Waals surface area contributed by atoms with Gasteiger partial charge in [0.05, 0.1) is 54.3 Å². The lowest BCUT2D eigenvalue weighted by atomic mass is 9.77. The molecule has 7 aromatic carbocycles. The Balaban J connectivity index is 0.000000187. The second kappa shape index (κ2) is 26.0. The molecule has 0 fully saturated rings. The lowest BCUT2D eigenvalue weighted by molar-refractivity contribution is -0.116. The van der Waals surface area contributed by atoms with Gasteiger partial charge in [0, 0.05) is 72.8 Å². The highest BCUT2D eigenvalue weighted by Gasteiger charge is 2.42. The van der Waals surface area contributed by atoms with Gasteiger partial charge in [-0.05, 0) is 87.0 Å². The van der Waals surface area contributed by atoms with E-state index in [1.807, 2.05) is 152 Å². The number of fused-ring (bicyclic) bond motifs is 4. The lowest BCUT2D eigenvalue weighted by Crippen LogP contribution is -2.40. The van der Waals surface area contributed by atoms with Crippen LogP contribution in [-0.2, 0) is 34.5 Å². The molecule has 2 amide bonds. The Morgan fingerprint density at radius 3 is 1.40 bits per heavy atom. The van der Waals surface area contributed by atoms with Crippen molar-refractivity contribution in [1.82, 2.24) is 41.0 Å². The topological polar surface area (TPSA) is 163 Å². The average molecular weight is 1160 g/mol. The second-order valence-corrected chi connectivity index (χ2v) is 21.3. The molecular weight excluding hydrogens is 1100 g/mol. The maximum Gasteiger partial charge on any atom is 0.266 e. The smallest absolute Gasteiger partial charge is 0.266 e. The van der Waals surface area contributed by atoms with Crippen molar-refractivity contribution in [1.29, 1.82) is 0 Å². The van der Waals surface area contributed by atoms with E-state index in [0.717, 1.165) is 89.2 Å². The first-order valence-electron chi connectivity index (χ1n) is 28.7. The molecule has 87 heavy (non-hydrogen) atoms. The quantitative estimate of drug-likeness (QED) is 0.0436. The minimum Gasteiger partial charge on any atom is -0.343 e. The zero-order chi connectivity index (χ0) is 59.7. The van der Waals surface area contributed by atoms with Gasteiger partial charge >= 0.3 is 0 Å². The number of halogens is 4. The molecule has 0 bridgehead atoms. The number of pyridine rings is 2. The molecule has 13 rings (SSSR count). The summed E-state index contributed by atoms with van der Waals surface area (Å²) in [5.74, 6) is -0.645. The number of rotatable bonds is 20. The number of carbonyl (C=O) groups is 2. The molecule has 0 aliphatic carbocycles. The fourth-order valence-corrected chi connectivity index (χ4v) is 11.6. The number of carbonyl (C=O) groups excluding carboxylic acids is 2. The summed E-state index contributed by atoms with van der Waals surface area (Å²) in [7, 11) is 0. The Morgan fingerprint density at radius 2 is 0.931 bits per heavy atom. The van der Waals surface area contributed by atoms with E-state index in [9.17, 15) is 27.2 Å². The number of amides is 2. The van der Waals surface area contributed by atoms with Crippen LogP contribution in [0.15, 0.2) is 240 Å². The molecule has 0 saturated heterocycles. The molecule has 434 valence electrons. The van der Waals surface area contributed by atoms with E-state index in [2.05, 4.69) is 94.4 Å². The number of benzene rings is 7. The molecule has 3 aromatic heterocycles. The summed E-state index contributed by atoms with van der Waals surface area (Å²) in [5.41, 5.74) is 14.5. The first-order chi connectivity index (χ1) is 42.6. The highest BCUT2D eigenvalue weighted by Crippen LogP contribution is 2.46. The van der Waals surface area contributed by atoms with E-state index < -0.39 is 43.6 Å². The van der Waals surface area contributed by atoms with Gasteiger partial charge in [-0.25, -0.2) is 32.2 Å². The fraction of sp³-hybridized carbons (Fsp3) is 0.171. The molecule has 10 aromatic rings. The van der Waals surface area contributed by atoms with Gasteiger partial charge in [-0.2, -0.15) is 5.10 Å². The van der Waals surface area contributed by atoms with Gasteiger partial charge in [0.25, 0.3) is 24.7 Å². The van der Waals surface area contributed by atoms with Crippen molar-refractivity contribution in [3.63, 3.8) is 0 Å². The van der Waals surface area contributed by atoms with E-state index >= 15 is 0 Å². The van der Waals surface area contributed by atoms with Gasteiger partial charge in [0.2, 0.25) is 0 Å². The molecule has 3 aliphatic heterocycles. The number of nitrogens with one attached hydrogen (secondary N) is 4. The number of hydrogen-bond donors (Lipinski definition) is 4. The molecule has 17 heteroatoms. The summed E-state index contributed by atoms with van der Waals surface area (Å²) in [6, 6.07) is 64.8. The van der Waals surface area contributed by atoms with Crippen LogP contribution in [0.1, 0.15) is 67.7 Å². The molecule has 0 radical (unpaired) electrons. The fourth-order valence-electron chi connectivity index (χ4n) is 11.6. The molecule has 0 saturated carbocycles. The van der Waals surface area contributed by atoms with Gasteiger partial charge in [-0.1, -0.05) is 158 Å². The highest BCUT2D eigenvalue weighted by molar-refractivity contribution is 6.41. The molecule has 4 N–H and O–H groups in total. The molecular formula is C70H59F4N11O2. The summed E-state index contributed by atoms with van der Waals surface area (Å²) in [5, 5.41) is 17.9. The number of alkyl halides is 4.